The maximum atomic E-state index is 8.51. The van der Waals surface area contributed by atoms with Crippen molar-refractivity contribution in [1.29, 1.82) is 0 Å². The van der Waals surface area contributed by atoms with Crippen LogP contribution >= 0.6 is 12.6 Å². The summed E-state index contributed by atoms with van der Waals surface area (Å²) < 4.78 is 5.21. The third-order valence-corrected chi connectivity index (χ3v) is 1.81. The van der Waals surface area contributed by atoms with Crippen molar-refractivity contribution in [3.63, 3.8) is 0 Å². The Labute approximate surface area is 77.6 Å². The number of thiol groups is 1. The van der Waals surface area contributed by atoms with E-state index in [9.17, 15) is 0 Å². The summed E-state index contributed by atoms with van der Waals surface area (Å²) in [6.45, 7) is 0.390. The van der Waals surface area contributed by atoms with Crippen LogP contribution in [-0.2, 0) is 5.75 Å². The number of aliphatic hydroxyl groups is 1. The first-order valence-electron chi connectivity index (χ1n) is 3.80. The highest BCUT2D eigenvalue weighted by Crippen LogP contribution is 2.14. The number of hydrogen-bond donors (Lipinski definition) is 2. The molecule has 1 aromatic carbocycles. The first kappa shape index (κ1) is 9.42. The molecule has 0 aliphatic rings. The third kappa shape index (κ3) is 2.75. The minimum Gasteiger partial charge on any atom is -0.491 e. The average Bonchev–Trinajstić information content (AvgIpc) is 2.15. The van der Waals surface area contributed by atoms with Gasteiger partial charge in [-0.2, -0.15) is 12.6 Å². The van der Waals surface area contributed by atoms with Gasteiger partial charge in [0.15, 0.2) is 0 Å². The molecule has 0 radical (unpaired) electrons. The normalized spacial score (nSPS) is 9.83. The smallest absolute Gasteiger partial charge is 0.119 e. The minimum atomic E-state index is 0.0467. The number of aliphatic hydroxyl groups excluding tert-OH is 1. The SMILES string of the molecule is OCCOc1cccc(CS)c1. The second-order valence-corrected chi connectivity index (χ2v) is 2.69. The molecule has 2 nitrogen and oxygen atoms in total. The molecular formula is C9H12O2S. The molecule has 1 aromatic rings. The van der Waals surface area contributed by atoms with Crippen molar-refractivity contribution < 1.29 is 9.84 Å². The van der Waals surface area contributed by atoms with Gasteiger partial charge in [-0.3, -0.25) is 0 Å². The van der Waals surface area contributed by atoms with Gasteiger partial charge in [0.2, 0.25) is 0 Å². The fourth-order valence-corrected chi connectivity index (χ4v) is 1.09. The molecule has 0 aromatic heterocycles. The van der Waals surface area contributed by atoms with Crippen LogP contribution in [0.25, 0.3) is 0 Å². The van der Waals surface area contributed by atoms with Crippen molar-refractivity contribution in [2.45, 2.75) is 5.75 Å². The molecule has 12 heavy (non-hydrogen) atoms. The summed E-state index contributed by atoms with van der Waals surface area (Å²) in [7, 11) is 0. The molecule has 0 atom stereocenters. The predicted molar refractivity (Wildman–Crippen MR) is 51.7 cm³/mol. The summed E-state index contributed by atoms with van der Waals surface area (Å²) >= 11 is 4.14. The maximum Gasteiger partial charge on any atom is 0.119 e. The van der Waals surface area contributed by atoms with Crippen LogP contribution in [0.5, 0.6) is 5.75 Å². The van der Waals surface area contributed by atoms with E-state index in [4.69, 9.17) is 9.84 Å². The molecule has 0 spiro atoms. The first-order chi connectivity index (χ1) is 5.86. The fraction of sp³-hybridized carbons (Fsp3) is 0.333. The summed E-state index contributed by atoms with van der Waals surface area (Å²) in [5, 5.41) is 8.51. The van der Waals surface area contributed by atoms with Crippen LogP contribution < -0.4 is 4.74 Å². The number of hydrogen-bond acceptors (Lipinski definition) is 3. The maximum absolute atomic E-state index is 8.51. The molecule has 0 saturated carbocycles. The highest BCUT2D eigenvalue weighted by Gasteiger charge is 1.93. The zero-order valence-electron chi connectivity index (χ0n) is 6.73. The molecule has 0 amide bonds. The number of ether oxygens (including phenoxy) is 1. The Bertz CT molecular complexity index is 238. The molecule has 0 aliphatic heterocycles. The van der Waals surface area contributed by atoms with E-state index in [1.807, 2.05) is 24.3 Å². The van der Waals surface area contributed by atoms with Gasteiger partial charge in [-0.1, -0.05) is 12.1 Å². The zero-order valence-corrected chi connectivity index (χ0v) is 7.63. The number of rotatable bonds is 4. The Morgan fingerprint density at radius 1 is 1.42 bits per heavy atom. The van der Waals surface area contributed by atoms with Gasteiger partial charge in [0.25, 0.3) is 0 Å². The zero-order chi connectivity index (χ0) is 8.81. The Morgan fingerprint density at radius 3 is 2.92 bits per heavy atom. The Balaban J connectivity index is 2.60. The van der Waals surface area contributed by atoms with Crippen molar-refractivity contribution in [1.82, 2.24) is 0 Å². The molecule has 0 heterocycles. The number of benzene rings is 1. The molecule has 1 rings (SSSR count). The van der Waals surface area contributed by atoms with Gasteiger partial charge in [0.05, 0.1) is 6.61 Å². The second-order valence-electron chi connectivity index (χ2n) is 2.38. The highest BCUT2D eigenvalue weighted by atomic mass is 32.1. The molecule has 0 bridgehead atoms. The van der Waals surface area contributed by atoms with Gasteiger partial charge < -0.3 is 9.84 Å². The van der Waals surface area contributed by atoms with Crippen LogP contribution in [0.4, 0.5) is 0 Å². The van der Waals surface area contributed by atoms with Gasteiger partial charge in [0, 0.05) is 5.75 Å². The molecule has 3 heteroatoms. The van der Waals surface area contributed by atoms with E-state index >= 15 is 0 Å². The standard InChI is InChI=1S/C9H12O2S/c10-4-5-11-9-3-1-2-8(6-9)7-12/h1-3,6,10,12H,4-5,7H2. The topological polar surface area (TPSA) is 29.5 Å². The van der Waals surface area contributed by atoms with Crippen LogP contribution in [-0.4, -0.2) is 18.3 Å². The van der Waals surface area contributed by atoms with Crippen molar-refractivity contribution in [3.8, 4) is 5.75 Å². The first-order valence-corrected chi connectivity index (χ1v) is 4.43. The molecule has 0 fully saturated rings. The summed E-state index contributed by atoms with van der Waals surface area (Å²) in [5.41, 5.74) is 1.12. The van der Waals surface area contributed by atoms with Crippen LogP contribution in [0, 0.1) is 0 Å². The van der Waals surface area contributed by atoms with Gasteiger partial charge in [-0.15, -0.1) is 0 Å². The average molecular weight is 184 g/mol. The summed E-state index contributed by atoms with van der Waals surface area (Å²) in [6, 6.07) is 7.68. The molecule has 0 saturated heterocycles. The lowest BCUT2D eigenvalue weighted by molar-refractivity contribution is 0.201. The molecule has 0 aliphatic carbocycles. The van der Waals surface area contributed by atoms with E-state index < -0.39 is 0 Å². The fourth-order valence-electron chi connectivity index (χ4n) is 0.897. The quantitative estimate of drug-likeness (QED) is 0.694. The third-order valence-electron chi connectivity index (χ3n) is 1.44. The van der Waals surface area contributed by atoms with Crippen LogP contribution in [0.2, 0.25) is 0 Å². The van der Waals surface area contributed by atoms with Gasteiger partial charge >= 0.3 is 0 Å². The van der Waals surface area contributed by atoms with Crippen molar-refractivity contribution in [2.75, 3.05) is 13.2 Å². The van der Waals surface area contributed by atoms with Crippen molar-refractivity contribution in [2.24, 2.45) is 0 Å². The summed E-state index contributed by atoms with van der Waals surface area (Å²) in [6.07, 6.45) is 0. The molecule has 66 valence electrons. The molecule has 0 unspecified atom stereocenters. The van der Waals surface area contributed by atoms with E-state index in [2.05, 4.69) is 12.6 Å². The Kier molecular flexibility index (Phi) is 3.97. The van der Waals surface area contributed by atoms with Crippen LogP contribution in [0.1, 0.15) is 5.56 Å². The van der Waals surface area contributed by atoms with E-state index in [1.165, 1.54) is 0 Å². The van der Waals surface area contributed by atoms with E-state index in [0.29, 0.717) is 12.4 Å². The van der Waals surface area contributed by atoms with E-state index in [-0.39, 0.29) is 6.61 Å². The van der Waals surface area contributed by atoms with Crippen molar-refractivity contribution in [3.05, 3.63) is 29.8 Å². The lowest BCUT2D eigenvalue weighted by Crippen LogP contribution is -2.01. The van der Waals surface area contributed by atoms with Crippen molar-refractivity contribution >= 4 is 12.6 Å². The van der Waals surface area contributed by atoms with E-state index in [0.717, 1.165) is 11.3 Å². The monoisotopic (exact) mass is 184 g/mol. The Morgan fingerprint density at radius 2 is 2.25 bits per heavy atom. The summed E-state index contributed by atoms with van der Waals surface area (Å²) in [5.74, 6) is 1.49. The lowest BCUT2D eigenvalue weighted by atomic mass is 10.2. The van der Waals surface area contributed by atoms with Crippen LogP contribution in [0.3, 0.4) is 0 Å². The second kappa shape index (κ2) is 5.06. The lowest BCUT2D eigenvalue weighted by Gasteiger charge is -2.04. The predicted octanol–water partition coefficient (Wildman–Crippen LogP) is 1.49. The largest absolute Gasteiger partial charge is 0.491 e. The van der Waals surface area contributed by atoms with E-state index in [1.54, 1.807) is 0 Å². The van der Waals surface area contributed by atoms with Crippen LogP contribution in [0.15, 0.2) is 24.3 Å². The van der Waals surface area contributed by atoms with Gasteiger partial charge in [0.1, 0.15) is 12.4 Å². The minimum absolute atomic E-state index is 0.0467. The van der Waals surface area contributed by atoms with Gasteiger partial charge in [-0.05, 0) is 17.7 Å². The van der Waals surface area contributed by atoms with Gasteiger partial charge in [-0.25, -0.2) is 0 Å². The highest BCUT2D eigenvalue weighted by molar-refractivity contribution is 7.79. The molecular weight excluding hydrogens is 172 g/mol. The summed E-state index contributed by atoms with van der Waals surface area (Å²) in [4.78, 5) is 0. The molecule has 1 N–H and O–H groups in total. The Hall–Kier alpha value is -0.670.